The number of halogens is 4. The average Bonchev–Trinajstić information content (AvgIpc) is 2.39. The quantitative estimate of drug-likeness (QED) is 0.801. The highest BCUT2D eigenvalue weighted by atomic mass is 35.7. The first-order valence-corrected chi connectivity index (χ1v) is 7.90. The molecule has 0 saturated heterocycles. The summed E-state index contributed by atoms with van der Waals surface area (Å²) in [5.41, 5.74) is 0.406. The molecule has 0 N–H and O–H groups in total. The second kappa shape index (κ2) is 5.95. The molecule has 0 saturated carbocycles. The van der Waals surface area contributed by atoms with Gasteiger partial charge in [0, 0.05) is 10.7 Å². The van der Waals surface area contributed by atoms with Crippen LogP contribution < -0.4 is 4.74 Å². The molecule has 0 bridgehead atoms. The molecule has 0 aliphatic carbocycles. The lowest BCUT2D eigenvalue weighted by molar-refractivity contribution is 0.282. The molecule has 2 rings (SSSR count). The second-order valence-electron chi connectivity index (χ2n) is 4.05. The zero-order valence-corrected chi connectivity index (χ0v) is 11.9. The molecule has 0 aliphatic rings. The first kappa shape index (κ1) is 15.7. The van der Waals surface area contributed by atoms with Gasteiger partial charge in [0.05, 0.1) is 0 Å². The highest BCUT2D eigenvalue weighted by Crippen LogP contribution is 2.28. The molecule has 21 heavy (non-hydrogen) atoms. The van der Waals surface area contributed by atoms with Gasteiger partial charge in [0.25, 0.3) is 9.05 Å². The van der Waals surface area contributed by atoms with Crippen molar-refractivity contribution in [2.75, 3.05) is 0 Å². The fourth-order valence-electron chi connectivity index (χ4n) is 1.60. The van der Waals surface area contributed by atoms with Crippen LogP contribution in [0, 0.1) is 17.5 Å². The predicted octanol–water partition coefficient (Wildman–Crippen LogP) is 3.61. The molecule has 8 heteroatoms. The minimum absolute atomic E-state index is 0.207. The van der Waals surface area contributed by atoms with Crippen LogP contribution in [-0.4, -0.2) is 8.42 Å². The summed E-state index contributed by atoms with van der Waals surface area (Å²) in [5, 5.41) is 0. The summed E-state index contributed by atoms with van der Waals surface area (Å²) in [5.74, 6) is -4.10. The zero-order valence-electron chi connectivity index (χ0n) is 10.3. The SMILES string of the molecule is O=S(=O)(Cl)c1ccc(OCc2cccc(F)c2)c(F)c1F. The van der Waals surface area contributed by atoms with Gasteiger partial charge < -0.3 is 4.74 Å². The number of hydrogen-bond acceptors (Lipinski definition) is 3. The molecule has 0 fully saturated rings. The monoisotopic (exact) mass is 336 g/mol. The molecule has 112 valence electrons. The maximum absolute atomic E-state index is 13.7. The van der Waals surface area contributed by atoms with E-state index in [4.69, 9.17) is 15.4 Å². The number of benzene rings is 2. The molecule has 2 aromatic rings. The van der Waals surface area contributed by atoms with Crippen LogP contribution in [0.25, 0.3) is 0 Å². The van der Waals surface area contributed by atoms with Crippen LogP contribution in [-0.2, 0) is 15.7 Å². The van der Waals surface area contributed by atoms with E-state index in [1.807, 2.05) is 0 Å². The molecule has 3 nitrogen and oxygen atoms in total. The predicted molar refractivity (Wildman–Crippen MR) is 70.1 cm³/mol. The fourth-order valence-corrected chi connectivity index (χ4v) is 2.49. The van der Waals surface area contributed by atoms with Gasteiger partial charge in [-0.05, 0) is 29.8 Å². The molecule has 0 atom stereocenters. The summed E-state index contributed by atoms with van der Waals surface area (Å²) in [4.78, 5) is -0.972. The summed E-state index contributed by atoms with van der Waals surface area (Å²) in [7, 11) is 0.568. The van der Waals surface area contributed by atoms with E-state index in [-0.39, 0.29) is 6.61 Å². The summed E-state index contributed by atoms with van der Waals surface area (Å²) in [6, 6.07) is 7.10. The Bertz CT molecular complexity index is 778. The van der Waals surface area contributed by atoms with E-state index in [9.17, 15) is 21.6 Å². The second-order valence-corrected chi connectivity index (χ2v) is 6.58. The number of hydrogen-bond donors (Lipinski definition) is 0. The molecule has 0 radical (unpaired) electrons. The normalized spacial score (nSPS) is 11.4. The topological polar surface area (TPSA) is 43.4 Å². The zero-order chi connectivity index (χ0) is 15.6. The Kier molecular flexibility index (Phi) is 4.43. The van der Waals surface area contributed by atoms with Gasteiger partial charge in [-0.3, -0.25) is 0 Å². The third-order valence-electron chi connectivity index (χ3n) is 2.56. The largest absolute Gasteiger partial charge is 0.486 e. The van der Waals surface area contributed by atoms with Crippen LogP contribution in [0.1, 0.15) is 5.56 Å². The summed E-state index contributed by atoms with van der Waals surface area (Å²) < 4.78 is 67.2. The molecule has 0 unspecified atom stereocenters. The van der Waals surface area contributed by atoms with Gasteiger partial charge in [0.15, 0.2) is 11.6 Å². The van der Waals surface area contributed by atoms with E-state index >= 15 is 0 Å². The van der Waals surface area contributed by atoms with Crippen molar-refractivity contribution >= 4 is 19.7 Å². The first-order chi connectivity index (χ1) is 9.79. The molecule has 0 spiro atoms. The van der Waals surface area contributed by atoms with Crippen LogP contribution in [0.5, 0.6) is 5.75 Å². The first-order valence-electron chi connectivity index (χ1n) is 5.59. The van der Waals surface area contributed by atoms with Crippen LogP contribution in [0.15, 0.2) is 41.3 Å². The molecular formula is C13H8ClF3O3S. The minimum Gasteiger partial charge on any atom is -0.486 e. The average molecular weight is 337 g/mol. The molecule has 0 aliphatic heterocycles. The number of ether oxygens (including phenoxy) is 1. The lowest BCUT2D eigenvalue weighted by Gasteiger charge is -2.09. The molecule has 0 aromatic heterocycles. The van der Waals surface area contributed by atoms with Crippen molar-refractivity contribution < 1.29 is 26.3 Å². The fraction of sp³-hybridized carbons (Fsp3) is 0.0769. The van der Waals surface area contributed by atoms with Crippen molar-refractivity contribution in [1.29, 1.82) is 0 Å². The van der Waals surface area contributed by atoms with Crippen LogP contribution in [0.3, 0.4) is 0 Å². The third-order valence-corrected chi connectivity index (χ3v) is 3.90. The standard InChI is InChI=1S/C13H8ClF3O3S/c14-21(18,19)11-5-4-10(12(16)13(11)17)20-7-8-2-1-3-9(15)6-8/h1-6H,7H2. The van der Waals surface area contributed by atoms with E-state index in [1.165, 1.54) is 24.3 Å². The Morgan fingerprint density at radius 1 is 1.05 bits per heavy atom. The molecule has 2 aromatic carbocycles. The van der Waals surface area contributed by atoms with E-state index in [2.05, 4.69) is 0 Å². The van der Waals surface area contributed by atoms with Crippen molar-refractivity contribution in [3.63, 3.8) is 0 Å². The van der Waals surface area contributed by atoms with E-state index < -0.39 is 37.1 Å². The Balaban J connectivity index is 2.24. The third kappa shape index (κ3) is 3.68. The van der Waals surface area contributed by atoms with Gasteiger partial charge >= 0.3 is 0 Å². The Morgan fingerprint density at radius 2 is 1.76 bits per heavy atom. The van der Waals surface area contributed by atoms with Gasteiger partial charge in [0.2, 0.25) is 5.82 Å². The van der Waals surface area contributed by atoms with E-state index in [0.717, 1.165) is 12.1 Å². The smallest absolute Gasteiger partial charge is 0.264 e. The van der Waals surface area contributed by atoms with Gasteiger partial charge in [-0.15, -0.1) is 0 Å². The van der Waals surface area contributed by atoms with Crippen molar-refractivity contribution in [1.82, 2.24) is 0 Å². The Labute approximate surface area is 123 Å². The number of rotatable bonds is 4. The lowest BCUT2D eigenvalue weighted by atomic mass is 10.2. The van der Waals surface area contributed by atoms with E-state index in [1.54, 1.807) is 0 Å². The van der Waals surface area contributed by atoms with Crippen LogP contribution >= 0.6 is 10.7 Å². The van der Waals surface area contributed by atoms with Crippen molar-refractivity contribution in [3.8, 4) is 5.75 Å². The highest BCUT2D eigenvalue weighted by Gasteiger charge is 2.22. The van der Waals surface area contributed by atoms with E-state index in [0.29, 0.717) is 5.56 Å². The van der Waals surface area contributed by atoms with Gasteiger partial charge in [-0.2, -0.15) is 4.39 Å². The van der Waals surface area contributed by atoms with Crippen molar-refractivity contribution in [3.05, 3.63) is 59.4 Å². The summed E-state index contributed by atoms with van der Waals surface area (Å²) in [6.45, 7) is -0.207. The minimum atomic E-state index is -4.39. The summed E-state index contributed by atoms with van der Waals surface area (Å²) >= 11 is 0. The van der Waals surface area contributed by atoms with Gasteiger partial charge in [-0.1, -0.05) is 12.1 Å². The summed E-state index contributed by atoms with van der Waals surface area (Å²) in [6.07, 6.45) is 0. The lowest BCUT2D eigenvalue weighted by Crippen LogP contribution is -2.03. The molecule has 0 amide bonds. The Hall–Kier alpha value is -1.73. The maximum atomic E-state index is 13.7. The van der Waals surface area contributed by atoms with Gasteiger partial charge in [0.1, 0.15) is 17.3 Å². The Morgan fingerprint density at radius 3 is 2.38 bits per heavy atom. The van der Waals surface area contributed by atoms with Gasteiger partial charge in [-0.25, -0.2) is 17.2 Å². The molecule has 0 heterocycles. The van der Waals surface area contributed by atoms with Crippen molar-refractivity contribution in [2.24, 2.45) is 0 Å². The molecular weight excluding hydrogens is 329 g/mol. The van der Waals surface area contributed by atoms with Crippen molar-refractivity contribution in [2.45, 2.75) is 11.5 Å². The highest BCUT2D eigenvalue weighted by molar-refractivity contribution is 8.13. The van der Waals surface area contributed by atoms with Crippen LogP contribution in [0.4, 0.5) is 13.2 Å². The van der Waals surface area contributed by atoms with Crippen LogP contribution in [0.2, 0.25) is 0 Å². The maximum Gasteiger partial charge on any atom is 0.264 e.